The fourth-order valence-electron chi connectivity index (χ4n) is 1.70. The number of thiophene rings is 1. The average Bonchev–Trinajstić information content (AvgIpc) is 2.84. The van der Waals surface area contributed by atoms with Crippen LogP contribution in [-0.4, -0.2) is 26.5 Å². The molecule has 8 heteroatoms. The first-order chi connectivity index (χ1) is 10.0. The number of carboxylic acids is 1. The Morgan fingerprint density at radius 3 is 2.86 bits per heavy atom. The molecule has 0 aliphatic carbocycles. The third-order valence-electron chi connectivity index (χ3n) is 2.71. The summed E-state index contributed by atoms with van der Waals surface area (Å²) in [5, 5.41) is 11.9. The smallest absolute Gasteiger partial charge is 0.347 e. The van der Waals surface area contributed by atoms with E-state index >= 15 is 0 Å². The van der Waals surface area contributed by atoms with E-state index in [2.05, 4.69) is 10.3 Å². The fourth-order valence-corrected chi connectivity index (χ4v) is 2.70. The Labute approximate surface area is 123 Å². The predicted octanol–water partition coefficient (Wildman–Crippen LogP) is 1.20. The molecular weight excluding hydrogens is 294 g/mol. The number of hydrogen-bond acceptors (Lipinski definition) is 5. The van der Waals surface area contributed by atoms with E-state index in [1.807, 2.05) is 6.92 Å². The van der Waals surface area contributed by atoms with Gasteiger partial charge in [0.1, 0.15) is 11.5 Å². The quantitative estimate of drug-likeness (QED) is 0.864. The minimum absolute atomic E-state index is 0.0590. The lowest BCUT2D eigenvalue weighted by molar-refractivity contribution is -0.116. The number of carbonyl (C=O) groups excluding carboxylic acids is 1. The Morgan fingerprint density at radius 2 is 2.24 bits per heavy atom. The van der Waals surface area contributed by atoms with Crippen LogP contribution in [0, 0.1) is 0 Å². The van der Waals surface area contributed by atoms with Gasteiger partial charge in [0, 0.05) is 17.3 Å². The van der Waals surface area contributed by atoms with Crippen LogP contribution >= 0.6 is 11.3 Å². The van der Waals surface area contributed by atoms with Crippen LogP contribution in [0.25, 0.3) is 0 Å². The Hall–Kier alpha value is -2.48. The lowest BCUT2D eigenvalue weighted by atomic mass is 10.2. The molecule has 1 amide bonds. The van der Waals surface area contributed by atoms with Gasteiger partial charge in [-0.25, -0.2) is 14.6 Å². The van der Waals surface area contributed by atoms with Gasteiger partial charge in [-0.1, -0.05) is 6.92 Å². The molecular formula is C13H13N3O4S. The number of aromatic nitrogens is 2. The average molecular weight is 307 g/mol. The molecule has 110 valence electrons. The number of nitrogens with one attached hydrogen (secondary N) is 1. The van der Waals surface area contributed by atoms with E-state index in [1.54, 1.807) is 6.07 Å². The lowest BCUT2D eigenvalue weighted by Crippen LogP contribution is -2.28. The zero-order chi connectivity index (χ0) is 15.4. The molecule has 2 rings (SSSR count). The van der Waals surface area contributed by atoms with Gasteiger partial charge in [0.05, 0.1) is 5.56 Å². The molecule has 2 heterocycles. The largest absolute Gasteiger partial charge is 0.478 e. The summed E-state index contributed by atoms with van der Waals surface area (Å²) in [5.74, 6) is -1.57. The van der Waals surface area contributed by atoms with Crippen molar-refractivity contribution in [2.24, 2.45) is 0 Å². The molecule has 0 bridgehead atoms. The highest BCUT2D eigenvalue weighted by Crippen LogP contribution is 2.28. The van der Waals surface area contributed by atoms with Crippen molar-refractivity contribution in [3.8, 4) is 0 Å². The number of anilines is 1. The van der Waals surface area contributed by atoms with Crippen molar-refractivity contribution in [1.82, 2.24) is 9.55 Å². The summed E-state index contributed by atoms with van der Waals surface area (Å²) in [4.78, 5) is 38.9. The molecule has 0 radical (unpaired) electrons. The molecule has 0 spiro atoms. The third-order valence-corrected chi connectivity index (χ3v) is 3.91. The zero-order valence-corrected chi connectivity index (χ0v) is 12.0. The maximum Gasteiger partial charge on any atom is 0.347 e. The van der Waals surface area contributed by atoms with Gasteiger partial charge in [0.2, 0.25) is 5.91 Å². The Kier molecular flexibility index (Phi) is 4.49. The van der Waals surface area contributed by atoms with Crippen LogP contribution in [0.15, 0.2) is 29.3 Å². The maximum atomic E-state index is 11.9. The summed E-state index contributed by atoms with van der Waals surface area (Å²) in [6.07, 6.45) is 3.47. The van der Waals surface area contributed by atoms with Crippen LogP contribution in [0.1, 0.15) is 22.2 Å². The van der Waals surface area contributed by atoms with Crippen LogP contribution in [0.2, 0.25) is 0 Å². The molecule has 0 fully saturated rings. The topological polar surface area (TPSA) is 101 Å². The first kappa shape index (κ1) is 14.9. The van der Waals surface area contributed by atoms with Crippen molar-refractivity contribution in [3.05, 3.63) is 45.5 Å². The number of aromatic carboxylic acids is 1. The first-order valence-corrected chi connectivity index (χ1v) is 7.00. The summed E-state index contributed by atoms with van der Waals surface area (Å²) in [5.41, 5.74) is -0.477. The van der Waals surface area contributed by atoms with Crippen LogP contribution in [0.5, 0.6) is 0 Å². The number of rotatable bonds is 5. The summed E-state index contributed by atoms with van der Waals surface area (Å²) in [6, 6.07) is 3.08. The van der Waals surface area contributed by atoms with Crippen molar-refractivity contribution in [1.29, 1.82) is 0 Å². The molecule has 2 aromatic heterocycles. The van der Waals surface area contributed by atoms with Gasteiger partial charge in [-0.2, -0.15) is 0 Å². The highest BCUT2D eigenvalue weighted by atomic mass is 32.1. The summed E-state index contributed by atoms with van der Waals surface area (Å²) in [7, 11) is 0. The minimum atomic E-state index is -1.10. The molecule has 2 N–H and O–H groups in total. The molecule has 2 aromatic rings. The molecule has 0 aliphatic heterocycles. The summed E-state index contributed by atoms with van der Waals surface area (Å²) < 4.78 is 1.14. The SMILES string of the molecule is CCc1cc(C(=O)O)c(NC(=O)Cn2cccnc2=O)s1. The first-order valence-electron chi connectivity index (χ1n) is 6.18. The van der Waals surface area contributed by atoms with E-state index in [9.17, 15) is 14.4 Å². The van der Waals surface area contributed by atoms with Gasteiger partial charge < -0.3 is 10.4 Å². The summed E-state index contributed by atoms with van der Waals surface area (Å²) >= 11 is 1.22. The van der Waals surface area contributed by atoms with Gasteiger partial charge in [-0.3, -0.25) is 9.36 Å². The van der Waals surface area contributed by atoms with Crippen LogP contribution in [0.4, 0.5) is 5.00 Å². The molecule has 7 nitrogen and oxygen atoms in total. The van der Waals surface area contributed by atoms with E-state index in [0.29, 0.717) is 6.42 Å². The second-order valence-electron chi connectivity index (χ2n) is 4.19. The van der Waals surface area contributed by atoms with E-state index in [0.717, 1.165) is 9.44 Å². The molecule has 0 saturated carbocycles. The Balaban J connectivity index is 2.16. The number of hydrogen-bond donors (Lipinski definition) is 2. The van der Waals surface area contributed by atoms with E-state index in [4.69, 9.17) is 5.11 Å². The molecule has 21 heavy (non-hydrogen) atoms. The van der Waals surface area contributed by atoms with Crippen LogP contribution in [-0.2, 0) is 17.8 Å². The molecule has 0 aromatic carbocycles. The Bertz CT molecular complexity index is 735. The van der Waals surface area contributed by atoms with Gasteiger partial charge in [-0.15, -0.1) is 11.3 Å². The van der Waals surface area contributed by atoms with Crippen molar-refractivity contribution in [2.75, 3.05) is 5.32 Å². The number of nitrogens with zero attached hydrogens (tertiary/aromatic N) is 2. The second-order valence-corrected chi connectivity index (χ2v) is 5.33. The van der Waals surface area contributed by atoms with E-state index in [1.165, 1.54) is 29.8 Å². The fraction of sp³-hybridized carbons (Fsp3) is 0.231. The van der Waals surface area contributed by atoms with Crippen molar-refractivity contribution >= 4 is 28.2 Å². The number of aryl methyl sites for hydroxylation is 1. The number of carboxylic acid groups (broad SMARTS) is 1. The molecule has 0 atom stereocenters. The second kappa shape index (κ2) is 6.31. The van der Waals surface area contributed by atoms with Crippen LogP contribution < -0.4 is 11.0 Å². The minimum Gasteiger partial charge on any atom is -0.478 e. The molecule has 0 saturated heterocycles. The van der Waals surface area contributed by atoms with Crippen molar-refractivity contribution in [2.45, 2.75) is 19.9 Å². The molecule has 0 unspecified atom stereocenters. The third kappa shape index (κ3) is 3.54. The van der Waals surface area contributed by atoms with Crippen molar-refractivity contribution in [3.63, 3.8) is 0 Å². The van der Waals surface area contributed by atoms with Gasteiger partial charge >= 0.3 is 11.7 Å². The monoisotopic (exact) mass is 307 g/mol. The number of carbonyl (C=O) groups is 2. The van der Waals surface area contributed by atoms with Gasteiger partial charge in [-0.05, 0) is 18.6 Å². The normalized spacial score (nSPS) is 10.3. The number of amides is 1. The predicted molar refractivity (Wildman–Crippen MR) is 77.8 cm³/mol. The molecule has 0 aliphatic rings. The van der Waals surface area contributed by atoms with Gasteiger partial charge in [0.15, 0.2) is 0 Å². The lowest BCUT2D eigenvalue weighted by Gasteiger charge is -2.05. The van der Waals surface area contributed by atoms with Gasteiger partial charge in [0.25, 0.3) is 0 Å². The van der Waals surface area contributed by atoms with Crippen LogP contribution in [0.3, 0.4) is 0 Å². The standard InChI is InChI=1S/C13H13N3O4S/c1-2-8-6-9(12(18)19)11(21-8)15-10(17)7-16-5-3-4-14-13(16)20/h3-6H,2,7H2,1H3,(H,15,17)(H,18,19). The maximum absolute atomic E-state index is 11.9. The summed E-state index contributed by atoms with van der Waals surface area (Å²) in [6.45, 7) is 1.68. The highest BCUT2D eigenvalue weighted by Gasteiger charge is 2.17. The Morgan fingerprint density at radius 1 is 1.48 bits per heavy atom. The van der Waals surface area contributed by atoms with Crippen molar-refractivity contribution < 1.29 is 14.7 Å². The van der Waals surface area contributed by atoms with E-state index < -0.39 is 17.6 Å². The highest BCUT2D eigenvalue weighted by molar-refractivity contribution is 7.16. The van der Waals surface area contributed by atoms with E-state index in [-0.39, 0.29) is 17.1 Å². The zero-order valence-electron chi connectivity index (χ0n) is 11.2.